The number of nitrogens with two attached hydrogens (primary N) is 1. The number of methoxy groups -OCH3 is 1. The third-order valence-corrected chi connectivity index (χ3v) is 5.37. The van der Waals surface area contributed by atoms with Gasteiger partial charge in [-0.25, -0.2) is 4.98 Å². The van der Waals surface area contributed by atoms with Crippen LogP contribution in [0.3, 0.4) is 0 Å². The lowest BCUT2D eigenvalue weighted by Gasteiger charge is -2.15. The zero-order chi connectivity index (χ0) is 23.0. The number of nitrogens with one attached hydrogen (secondary N) is 2. The molecule has 0 radical (unpaired) electrons. The fourth-order valence-electron chi connectivity index (χ4n) is 3.62. The van der Waals surface area contributed by atoms with Gasteiger partial charge in [-0.2, -0.15) is 4.98 Å². The summed E-state index contributed by atoms with van der Waals surface area (Å²) in [5, 5.41) is 6.26. The molecule has 1 aliphatic rings. The molecule has 1 amide bonds. The highest BCUT2D eigenvalue weighted by molar-refractivity contribution is 5.98. The summed E-state index contributed by atoms with van der Waals surface area (Å²) in [5.41, 5.74) is 7.19. The summed E-state index contributed by atoms with van der Waals surface area (Å²) < 4.78 is 11.1. The van der Waals surface area contributed by atoms with Gasteiger partial charge in [0, 0.05) is 30.2 Å². The Morgan fingerprint density at radius 1 is 1.06 bits per heavy atom. The number of hydrogen-bond donors (Lipinski definition) is 3. The fraction of sp³-hybridized carbons (Fsp3) is 0.292. The van der Waals surface area contributed by atoms with E-state index in [-0.39, 0.29) is 5.56 Å². The van der Waals surface area contributed by atoms with Gasteiger partial charge in [0.05, 0.1) is 7.11 Å². The van der Waals surface area contributed by atoms with Gasteiger partial charge in [-0.05, 0) is 62.3 Å². The molecule has 0 saturated carbocycles. The molecule has 1 saturated heterocycles. The molecule has 3 aromatic rings. The van der Waals surface area contributed by atoms with Crippen LogP contribution in [0.25, 0.3) is 0 Å². The molecule has 1 fully saturated rings. The lowest BCUT2D eigenvalue weighted by Crippen LogP contribution is -2.25. The number of benzene rings is 2. The molecule has 4 rings (SSSR count). The Bertz CT molecular complexity index is 1080. The summed E-state index contributed by atoms with van der Waals surface area (Å²) in [6, 6.07) is 14.9. The second-order valence-electron chi connectivity index (χ2n) is 7.72. The van der Waals surface area contributed by atoms with E-state index in [4.69, 9.17) is 15.2 Å². The van der Waals surface area contributed by atoms with Crippen molar-refractivity contribution in [1.29, 1.82) is 0 Å². The Hall–Kier alpha value is -3.85. The molecular weight excluding hydrogens is 420 g/mol. The lowest BCUT2D eigenvalue weighted by atomic mass is 10.2. The molecule has 9 heteroatoms. The first-order valence-electron chi connectivity index (χ1n) is 10.9. The van der Waals surface area contributed by atoms with Crippen LogP contribution in [-0.2, 0) is 0 Å². The predicted molar refractivity (Wildman–Crippen MR) is 128 cm³/mol. The molecule has 0 atom stereocenters. The Morgan fingerprint density at radius 3 is 2.58 bits per heavy atom. The smallest absolute Gasteiger partial charge is 0.254 e. The number of carbonyl (C=O) groups excluding carboxylic acids is 1. The Morgan fingerprint density at radius 2 is 1.85 bits per heavy atom. The molecule has 0 unspecified atom stereocenters. The van der Waals surface area contributed by atoms with Crippen molar-refractivity contribution in [3.8, 4) is 11.5 Å². The molecule has 1 aromatic heterocycles. The topological polar surface area (TPSA) is 115 Å². The van der Waals surface area contributed by atoms with Crippen molar-refractivity contribution in [3.63, 3.8) is 0 Å². The van der Waals surface area contributed by atoms with E-state index in [1.54, 1.807) is 13.2 Å². The normalized spacial score (nSPS) is 13.5. The number of aromatic nitrogens is 2. The van der Waals surface area contributed by atoms with Crippen LogP contribution in [-0.4, -0.2) is 54.1 Å². The van der Waals surface area contributed by atoms with E-state index in [9.17, 15) is 4.79 Å². The van der Waals surface area contributed by atoms with Crippen molar-refractivity contribution in [3.05, 3.63) is 60.3 Å². The zero-order valence-electron chi connectivity index (χ0n) is 18.6. The largest absolute Gasteiger partial charge is 0.497 e. The minimum atomic E-state index is -0.623. The summed E-state index contributed by atoms with van der Waals surface area (Å²) >= 11 is 0. The van der Waals surface area contributed by atoms with E-state index in [1.807, 2.05) is 42.5 Å². The third kappa shape index (κ3) is 6.11. The van der Waals surface area contributed by atoms with E-state index in [0.717, 1.165) is 31.1 Å². The van der Waals surface area contributed by atoms with E-state index in [2.05, 4.69) is 25.5 Å². The molecule has 0 bridgehead atoms. The number of amides is 1. The summed E-state index contributed by atoms with van der Waals surface area (Å²) in [7, 11) is 1.59. The first-order chi connectivity index (χ1) is 16.1. The van der Waals surface area contributed by atoms with Crippen LogP contribution >= 0.6 is 0 Å². The quantitative estimate of drug-likeness (QED) is 0.431. The van der Waals surface area contributed by atoms with E-state index < -0.39 is 5.91 Å². The van der Waals surface area contributed by atoms with Crippen LogP contribution in [0.1, 0.15) is 23.2 Å². The molecule has 0 spiro atoms. The maximum absolute atomic E-state index is 11.9. The molecule has 2 heterocycles. The SMILES string of the molecule is COc1cccc(Nc2nc(Nc3ccc(OCCN4CCCC4)cc3)ncc2C(N)=O)c1. The highest BCUT2D eigenvalue weighted by atomic mass is 16.5. The fourth-order valence-corrected chi connectivity index (χ4v) is 3.62. The number of ether oxygens (including phenoxy) is 2. The van der Waals surface area contributed by atoms with Gasteiger partial charge in [-0.3, -0.25) is 9.69 Å². The average molecular weight is 449 g/mol. The number of nitrogens with zero attached hydrogens (tertiary/aromatic N) is 3. The Kier molecular flexibility index (Phi) is 7.21. The van der Waals surface area contributed by atoms with Crippen LogP contribution in [0.5, 0.6) is 11.5 Å². The van der Waals surface area contributed by atoms with Crippen molar-refractivity contribution >= 4 is 29.0 Å². The molecule has 33 heavy (non-hydrogen) atoms. The monoisotopic (exact) mass is 448 g/mol. The number of carbonyl (C=O) groups is 1. The van der Waals surface area contributed by atoms with Crippen molar-refractivity contribution < 1.29 is 14.3 Å². The maximum atomic E-state index is 11.9. The first-order valence-corrected chi connectivity index (χ1v) is 10.9. The standard InChI is InChI=1S/C24H28N6O3/c1-32-20-6-4-5-18(15-20)27-23-21(22(25)31)16-26-24(29-23)28-17-7-9-19(10-8-17)33-14-13-30-11-2-3-12-30/h4-10,15-16H,2-3,11-14H2,1H3,(H2,25,31)(H2,26,27,28,29). The Labute approximate surface area is 192 Å². The highest BCUT2D eigenvalue weighted by Gasteiger charge is 2.14. The zero-order valence-corrected chi connectivity index (χ0v) is 18.6. The van der Waals surface area contributed by atoms with Crippen LogP contribution < -0.4 is 25.8 Å². The maximum Gasteiger partial charge on any atom is 0.254 e. The molecule has 1 aliphatic heterocycles. The van der Waals surface area contributed by atoms with Gasteiger partial charge in [0.2, 0.25) is 5.95 Å². The molecule has 2 aromatic carbocycles. The number of hydrogen-bond acceptors (Lipinski definition) is 8. The van der Waals surface area contributed by atoms with Crippen molar-refractivity contribution in [2.24, 2.45) is 5.73 Å². The molecule has 4 N–H and O–H groups in total. The Balaban J connectivity index is 1.41. The molecule has 172 valence electrons. The minimum Gasteiger partial charge on any atom is -0.497 e. The first kappa shape index (κ1) is 22.3. The van der Waals surface area contributed by atoms with Gasteiger partial charge in [0.25, 0.3) is 5.91 Å². The number of primary amides is 1. The predicted octanol–water partition coefficient (Wildman–Crippen LogP) is 3.55. The lowest BCUT2D eigenvalue weighted by molar-refractivity contribution is 0.100. The number of anilines is 4. The summed E-state index contributed by atoms with van der Waals surface area (Å²) in [6.07, 6.45) is 3.95. The van der Waals surface area contributed by atoms with E-state index in [0.29, 0.717) is 29.8 Å². The second-order valence-corrected chi connectivity index (χ2v) is 7.72. The van der Waals surface area contributed by atoms with Crippen molar-refractivity contribution in [2.75, 3.05) is 44.0 Å². The van der Waals surface area contributed by atoms with Crippen molar-refractivity contribution in [2.45, 2.75) is 12.8 Å². The van der Waals surface area contributed by atoms with Crippen molar-refractivity contribution in [1.82, 2.24) is 14.9 Å². The summed E-state index contributed by atoms with van der Waals surface area (Å²) in [4.78, 5) is 22.9. The van der Waals surface area contributed by atoms with Gasteiger partial charge >= 0.3 is 0 Å². The number of likely N-dealkylation sites (tertiary alicyclic amines) is 1. The second kappa shape index (κ2) is 10.6. The van der Waals surface area contributed by atoms with Crippen LogP contribution in [0.4, 0.5) is 23.1 Å². The summed E-state index contributed by atoms with van der Waals surface area (Å²) in [6.45, 7) is 3.94. The average Bonchev–Trinajstić information content (AvgIpc) is 3.34. The number of rotatable bonds is 10. The van der Waals surface area contributed by atoms with Gasteiger partial charge < -0.3 is 25.8 Å². The van der Waals surface area contributed by atoms with Crippen LogP contribution in [0, 0.1) is 0 Å². The van der Waals surface area contributed by atoms with Gasteiger partial charge in [0.15, 0.2) is 0 Å². The third-order valence-electron chi connectivity index (χ3n) is 5.37. The van der Waals surface area contributed by atoms with E-state index >= 15 is 0 Å². The van der Waals surface area contributed by atoms with Crippen LogP contribution in [0.2, 0.25) is 0 Å². The summed E-state index contributed by atoms with van der Waals surface area (Å²) in [5.74, 6) is 1.49. The van der Waals surface area contributed by atoms with Gasteiger partial charge in [-0.15, -0.1) is 0 Å². The van der Waals surface area contributed by atoms with E-state index in [1.165, 1.54) is 19.0 Å². The van der Waals surface area contributed by atoms with Crippen LogP contribution in [0.15, 0.2) is 54.7 Å². The molecule has 0 aliphatic carbocycles. The van der Waals surface area contributed by atoms with Gasteiger partial charge in [0.1, 0.15) is 29.5 Å². The van der Waals surface area contributed by atoms with Gasteiger partial charge in [-0.1, -0.05) is 6.07 Å². The molecule has 9 nitrogen and oxygen atoms in total. The molecular formula is C24H28N6O3. The minimum absolute atomic E-state index is 0.185. The highest BCUT2D eigenvalue weighted by Crippen LogP contribution is 2.24.